The smallest absolute Gasteiger partial charge is 0.410 e. The van der Waals surface area contributed by atoms with Crippen LogP contribution in [0.2, 0.25) is 0 Å². The third-order valence-electron chi connectivity index (χ3n) is 2.24. The van der Waals surface area contributed by atoms with E-state index in [2.05, 4.69) is 9.97 Å². The van der Waals surface area contributed by atoms with E-state index in [1.807, 2.05) is 27.7 Å². The van der Waals surface area contributed by atoms with E-state index in [-0.39, 0.29) is 12.1 Å². The van der Waals surface area contributed by atoms with E-state index in [9.17, 15) is 4.79 Å². The lowest BCUT2D eigenvalue weighted by molar-refractivity contribution is 0.0283. The molecule has 0 aromatic carbocycles. The number of hydrogen-bond acceptors (Lipinski definition) is 5. The molecule has 1 atom stereocenters. The second kappa shape index (κ2) is 5.97. The van der Waals surface area contributed by atoms with Crippen LogP contribution in [0.1, 0.15) is 45.3 Å². The van der Waals surface area contributed by atoms with Gasteiger partial charge in [-0.2, -0.15) is 0 Å². The number of carbonyl (C=O) groups is 1. The monoisotopic (exact) mass is 266 g/mol. The van der Waals surface area contributed by atoms with Crippen molar-refractivity contribution < 1.29 is 9.53 Å². The fraction of sp³-hybridized carbons (Fsp3) is 0.615. The van der Waals surface area contributed by atoms with E-state index in [1.165, 1.54) is 4.90 Å². The number of rotatable bonds is 3. The second-order valence-electron chi connectivity index (χ2n) is 5.53. The summed E-state index contributed by atoms with van der Waals surface area (Å²) in [5.74, 6) is 0.565. The minimum absolute atomic E-state index is 0.230. The van der Waals surface area contributed by atoms with E-state index in [1.54, 1.807) is 19.3 Å². The Morgan fingerprint density at radius 3 is 2.68 bits per heavy atom. The Bertz CT molecular complexity index is 441. The summed E-state index contributed by atoms with van der Waals surface area (Å²) in [6.07, 6.45) is 1.26. The first-order valence-electron chi connectivity index (χ1n) is 6.20. The van der Waals surface area contributed by atoms with Gasteiger partial charge in [0.2, 0.25) is 0 Å². The summed E-state index contributed by atoms with van der Waals surface area (Å²) in [5, 5.41) is 0. The lowest BCUT2D eigenvalue weighted by atomic mass is 10.2. The van der Waals surface area contributed by atoms with Crippen LogP contribution >= 0.6 is 0 Å². The van der Waals surface area contributed by atoms with Gasteiger partial charge in [-0.15, -0.1) is 0 Å². The van der Waals surface area contributed by atoms with Gasteiger partial charge in [0.15, 0.2) is 0 Å². The molecule has 0 saturated carbocycles. The first-order chi connectivity index (χ1) is 8.69. The molecule has 0 bridgehead atoms. The topological polar surface area (TPSA) is 81.3 Å². The van der Waals surface area contributed by atoms with Crippen LogP contribution in [-0.4, -0.2) is 33.6 Å². The van der Waals surface area contributed by atoms with Crippen molar-refractivity contribution in [3.63, 3.8) is 0 Å². The summed E-state index contributed by atoms with van der Waals surface area (Å²) >= 11 is 0. The van der Waals surface area contributed by atoms with Crippen LogP contribution in [0.4, 0.5) is 4.79 Å². The molecule has 0 radical (unpaired) electrons. The number of amides is 1. The van der Waals surface area contributed by atoms with Gasteiger partial charge in [0.05, 0.1) is 18.3 Å². The van der Waals surface area contributed by atoms with Gasteiger partial charge in [0, 0.05) is 13.2 Å². The maximum absolute atomic E-state index is 11.8. The average Bonchev–Trinajstić information content (AvgIpc) is 2.27. The molecule has 0 aliphatic heterocycles. The number of nitrogens with zero attached hydrogens (tertiary/aromatic N) is 3. The second-order valence-corrected chi connectivity index (χ2v) is 5.53. The molecule has 106 valence electrons. The zero-order chi connectivity index (χ0) is 14.6. The maximum atomic E-state index is 11.8. The van der Waals surface area contributed by atoms with Crippen LogP contribution in [0.5, 0.6) is 0 Å². The zero-order valence-electron chi connectivity index (χ0n) is 12.2. The molecule has 0 aliphatic carbocycles. The van der Waals surface area contributed by atoms with Gasteiger partial charge in [-0.1, -0.05) is 0 Å². The molecule has 19 heavy (non-hydrogen) atoms. The highest BCUT2D eigenvalue weighted by Crippen LogP contribution is 2.11. The van der Waals surface area contributed by atoms with Crippen LogP contribution in [0.25, 0.3) is 0 Å². The van der Waals surface area contributed by atoms with Gasteiger partial charge in [0.1, 0.15) is 11.4 Å². The maximum Gasteiger partial charge on any atom is 0.410 e. The lowest BCUT2D eigenvalue weighted by Crippen LogP contribution is -2.34. The average molecular weight is 266 g/mol. The Labute approximate surface area is 114 Å². The Morgan fingerprint density at radius 2 is 2.16 bits per heavy atom. The normalized spacial score (nSPS) is 12.9. The van der Waals surface area contributed by atoms with Gasteiger partial charge in [-0.25, -0.2) is 14.8 Å². The van der Waals surface area contributed by atoms with Crippen LogP contribution in [-0.2, 0) is 11.3 Å². The van der Waals surface area contributed by atoms with Crippen molar-refractivity contribution in [1.29, 1.82) is 0 Å². The molecule has 6 heteroatoms. The van der Waals surface area contributed by atoms with Gasteiger partial charge >= 0.3 is 6.09 Å². The number of hydrogen-bond donors (Lipinski definition) is 1. The molecule has 1 aromatic rings. The summed E-state index contributed by atoms with van der Waals surface area (Å²) < 4.78 is 5.27. The van der Waals surface area contributed by atoms with Crippen LogP contribution < -0.4 is 5.73 Å². The highest BCUT2D eigenvalue weighted by molar-refractivity contribution is 5.67. The molecular weight excluding hydrogens is 244 g/mol. The summed E-state index contributed by atoms with van der Waals surface area (Å²) in [6, 6.07) is 1.53. The predicted octanol–water partition coefficient (Wildman–Crippen LogP) is 1.86. The summed E-state index contributed by atoms with van der Waals surface area (Å²) in [6.45, 7) is 7.67. The Balaban J connectivity index is 2.69. The van der Waals surface area contributed by atoms with Gasteiger partial charge in [-0.3, -0.25) is 0 Å². The molecule has 1 amide bonds. The third kappa shape index (κ3) is 5.21. The first-order valence-corrected chi connectivity index (χ1v) is 6.20. The van der Waals surface area contributed by atoms with Crippen LogP contribution in [0, 0.1) is 0 Å². The van der Waals surface area contributed by atoms with E-state index >= 15 is 0 Å². The molecule has 6 nitrogen and oxygen atoms in total. The first kappa shape index (κ1) is 15.4. The summed E-state index contributed by atoms with van der Waals surface area (Å²) in [4.78, 5) is 21.7. The summed E-state index contributed by atoms with van der Waals surface area (Å²) in [7, 11) is 1.67. The van der Waals surface area contributed by atoms with Gasteiger partial charge in [-0.05, 0) is 33.8 Å². The number of carbonyl (C=O) groups excluding carboxylic acids is 1. The van der Waals surface area contributed by atoms with E-state index < -0.39 is 5.60 Å². The van der Waals surface area contributed by atoms with E-state index in [4.69, 9.17) is 10.5 Å². The van der Waals surface area contributed by atoms with Gasteiger partial charge in [0.25, 0.3) is 0 Å². The van der Waals surface area contributed by atoms with E-state index in [0.29, 0.717) is 12.4 Å². The highest BCUT2D eigenvalue weighted by atomic mass is 16.6. The molecule has 0 aliphatic rings. The fourth-order valence-corrected chi connectivity index (χ4v) is 1.37. The van der Waals surface area contributed by atoms with Crippen molar-refractivity contribution in [3.8, 4) is 0 Å². The number of aromatic nitrogens is 2. The standard InChI is InChI=1S/C13H22N4O2/c1-9(14)11-15-7-6-10(16-11)8-17(5)12(18)19-13(2,3)4/h6-7,9H,8,14H2,1-5H3. The number of nitrogens with two attached hydrogens (primary N) is 1. The number of ether oxygens (including phenoxy) is 1. The fourth-order valence-electron chi connectivity index (χ4n) is 1.37. The Kier molecular flexibility index (Phi) is 4.83. The van der Waals surface area contributed by atoms with Gasteiger partial charge < -0.3 is 15.4 Å². The molecule has 1 heterocycles. The molecule has 2 N–H and O–H groups in total. The minimum Gasteiger partial charge on any atom is -0.444 e. The third-order valence-corrected chi connectivity index (χ3v) is 2.24. The lowest BCUT2D eigenvalue weighted by Gasteiger charge is -2.24. The molecule has 1 unspecified atom stereocenters. The molecule has 1 rings (SSSR count). The van der Waals surface area contributed by atoms with Crippen molar-refractivity contribution in [2.75, 3.05) is 7.05 Å². The van der Waals surface area contributed by atoms with Crippen LogP contribution in [0.15, 0.2) is 12.3 Å². The van der Waals surface area contributed by atoms with Crippen molar-refractivity contribution in [3.05, 3.63) is 23.8 Å². The molecular formula is C13H22N4O2. The van der Waals surface area contributed by atoms with Crippen molar-refractivity contribution in [2.45, 2.75) is 45.9 Å². The van der Waals surface area contributed by atoms with E-state index in [0.717, 1.165) is 5.69 Å². The van der Waals surface area contributed by atoms with Crippen molar-refractivity contribution in [2.24, 2.45) is 5.73 Å². The largest absolute Gasteiger partial charge is 0.444 e. The zero-order valence-corrected chi connectivity index (χ0v) is 12.2. The Morgan fingerprint density at radius 1 is 1.53 bits per heavy atom. The van der Waals surface area contributed by atoms with Crippen molar-refractivity contribution in [1.82, 2.24) is 14.9 Å². The van der Waals surface area contributed by atoms with Crippen molar-refractivity contribution >= 4 is 6.09 Å². The molecule has 0 fully saturated rings. The Hall–Kier alpha value is -1.69. The minimum atomic E-state index is -0.506. The molecule has 0 spiro atoms. The molecule has 0 saturated heterocycles. The molecule has 1 aromatic heterocycles. The highest BCUT2D eigenvalue weighted by Gasteiger charge is 2.20. The SMILES string of the molecule is CC(N)c1nccc(CN(C)C(=O)OC(C)(C)C)n1. The quantitative estimate of drug-likeness (QED) is 0.903. The summed E-state index contributed by atoms with van der Waals surface area (Å²) in [5.41, 5.74) is 5.95. The predicted molar refractivity (Wildman–Crippen MR) is 72.3 cm³/mol. The van der Waals surface area contributed by atoms with Crippen LogP contribution in [0.3, 0.4) is 0 Å².